The van der Waals surface area contributed by atoms with E-state index in [1.807, 2.05) is 44.4 Å². The summed E-state index contributed by atoms with van der Waals surface area (Å²) in [5.74, 6) is -0.164. The number of pyridine rings is 2. The van der Waals surface area contributed by atoms with Gasteiger partial charge in [-0.2, -0.15) is 5.10 Å². The highest BCUT2D eigenvalue weighted by atomic mass is 32.1. The Kier molecular flexibility index (Phi) is 5.76. The highest BCUT2D eigenvalue weighted by Gasteiger charge is 2.21. The molecule has 38 heavy (non-hydrogen) atoms. The largest absolute Gasteiger partial charge is 0.335 e. The minimum absolute atomic E-state index is 0.120. The summed E-state index contributed by atoms with van der Waals surface area (Å²) in [5.41, 5.74) is 4.40. The average Bonchev–Trinajstić information content (AvgIpc) is 3.62. The van der Waals surface area contributed by atoms with E-state index in [0.29, 0.717) is 51.3 Å². The fourth-order valence-electron chi connectivity index (χ4n) is 4.47. The summed E-state index contributed by atoms with van der Waals surface area (Å²) in [6.45, 7) is 5.99. The molecule has 0 aliphatic carbocycles. The van der Waals surface area contributed by atoms with E-state index in [1.54, 1.807) is 48.1 Å². The number of carbonyl (C=O) groups excluding carboxylic acids is 1. The van der Waals surface area contributed by atoms with Gasteiger partial charge < -0.3 is 10.3 Å². The standard InChI is InChI=1S/C28H24FN7OS/c1-28(2,3)12-21(37)32-16-11-15(13-30-14-16)17-6-7-19-22(23(17)29)25(36-35-19)27-33-24-18(20-5-4-10-38-20)8-9-31-26(24)34-27/h4-11,13-14H,12H2,1-3H3,(H,32,37)(H,35,36)(H,31,33,34). The molecule has 0 unspecified atom stereocenters. The maximum atomic E-state index is 16.1. The van der Waals surface area contributed by atoms with Crippen molar-refractivity contribution in [2.75, 3.05) is 5.32 Å². The first-order chi connectivity index (χ1) is 18.3. The average molecular weight is 526 g/mol. The van der Waals surface area contributed by atoms with Gasteiger partial charge in [0, 0.05) is 40.4 Å². The number of hydrogen-bond acceptors (Lipinski definition) is 6. The summed E-state index contributed by atoms with van der Waals surface area (Å²) >= 11 is 1.62. The third-order valence-electron chi connectivity index (χ3n) is 6.09. The van der Waals surface area contributed by atoms with Crippen LogP contribution in [-0.2, 0) is 4.79 Å². The SMILES string of the molecule is CC(C)(C)CC(=O)Nc1cncc(-c2ccc3[nH]nc(-c4nc5nccc(-c6cccs6)c5[nH]4)c3c2F)c1. The van der Waals surface area contributed by atoms with E-state index in [-0.39, 0.29) is 11.3 Å². The normalized spacial score (nSPS) is 11.9. The second-order valence-corrected chi connectivity index (χ2v) is 11.2. The van der Waals surface area contributed by atoms with Crippen molar-refractivity contribution in [2.45, 2.75) is 27.2 Å². The molecule has 5 aromatic heterocycles. The van der Waals surface area contributed by atoms with Crippen LogP contribution in [0.15, 0.2) is 60.4 Å². The van der Waals surface area contributed by atoms with Gasteiger partial charge in [0.1, 0.15) is 11.5 Å². The number of thiophene rings is 1. The maximum Gasteiger partial charge on any atom is 0.224 e. The second kappa shape index (κ2) is 9.14. The molecule has 6 aromatic rings. The topological polar surface area (TPSA) is 112 Å². The molecule has 0 radical (unpaired) electrons. The number of anilines is 1. The van der Waals surface area contributed by atoms with Crippen molar-refractivity contribution in [3.63, 3.8) is 0 Å². The monoisotopic (exact) mass is 525 g/mol. The third kappa shape index (κ3) is 4.43. The molecular formula is C28H24FN7OS. The van der Waals surface area contributed by atoms with Crippen LogP contribution in [0.5, 0.6) is 0 Å². The van der Waals surface area contributed by atoms with Gasteiger partial charge in [-0.25, -0.2) is 14.4 Å². The van der Waals surface area contributed by atoms with Gasteiger partial charge >= 0.3 is 0 Å². The number of halogens is 1. The zero-order valence-corrected chi connectivity index (χ0v) is 21.8. The molecule has 8 nitrogen and oxygen atoms in total. The number of benzene rings is 1. The predicted octanol–water partition coefficient (Wildman–Crippen LogP) is 6.81. The van der Waals surface area contributed by atoms with Crippen molar-refractivity contribution in [1.82, 2.24) is 30.1 Å². The van der Waals surface area contributed by atoms with E-state index >= 15 is 4.39 Å². The predicted molar refractivity (Wildman–Crippen MR) is 148 cm³/mol. The Morgan fingerprint density at radius 2 is 2.00 bits per heavy atom. The van der Waals surface area contributed by atoms with E-state index in [9.17, 15) is 4.79 Å². The molecule has 0 bridgehead atoms. The number of rotatable bonds is 5. The summed E-state index contributed by atoms with van der Waals surface area (Å²) in [4.78, 5) is 30.1. The molecule has 0 aliphatic rings. The van der Waals surface area contributed by atoms with Crippen molar-refractivity contribution in [3.05, 3.63) is 66.2 Å². The van der Waals surface area contributed by atoms with Gasteiger partial charge in [0.2, 0.25) is 5.91 Å². The molecule has 10 heteroatoms. The second-order valence-electron chi connectivity index (χ2n) is 10.3. The van der Waals surface area contributed by atoms with Crippen molar-refractivity contribution in [1.29, 1.82) is 0 Å². The Morgan fingerprint density at radius 1 is 1.13 bits per heavy atom. The van der Waals surface area contributed by atoms with Gasteiger partial charge in [0.05, 0.1) is 28.3 Å². The van der Waals surface area contributed by atoms with Gasteiger partial charge in [-0.1, -0.05) is 26.8 Å². The van der Waals surface area contributed by atoms with E-state index in [2.05, 4.69) is 35.5 Å². The summed E-state index contributed by atoms with van der Waals surface area (Å²) in [5, 5.41) is 12.5. The minimum Gasteiger partial charge on any atom is -0.335 e. The quantitative estimate of drug-likeness (QED) is 0.229. The Balaban J connectivity index is 1.40. The molecule has 3 N–H and O–H groups in total. The molecule has 0 spiro atoms. The van der Waals surface area contributed by atoms with Crippen LogP contribution in [-0.4, -0.2) is 36.0 Å². The van der Waals surface area contributed by atoms with Crippen LogP contribution in [0.1, 0.15) is 27.2 Å². The Hall–Kier alpha value is -4.44. The maximum absolute atomic E-state index is 16.1. The van der Waals surface area contributed by atoms with Crippen molar-refractivity contribution in [3.8, 4) is 33.1 Å². The fraction of sp³-hybridized carbons (Fsp3) is 0.179. The number of imidazole rings is 1. The molecule has 1 aromatic carbocycles. The summed E-state index contributed by atoms with van der Waals surface area (Å²) in [6, 6.07) is 11.1. The van der Waals surface area contributed by atoms with Gasteiger partial charge in [-0.15, -0.1) is 11.3 Å². The molecular weight excluding hydrogens is 501 g/mol. The van der Waals surface area contributed by atoms with Crippen molar-refractivity contribution >= 4 is 45.0 Å². The summed E-state index contributed by atoms with van der Waals surface area (Å²) in [7, 11) is 0. The number of nitrogens with zero attached hydrogens (tertiary/aromatic N) is 4. The van der Waals surface area contributed by atoms with Gasteiger partial charge in [0.15, 0.2) is 11.5 Å². The lowest BCUT2D eigenvalue weighted by Crippen LogP contribution is -2.19. The molecule has 0 saturated carbocycles. The molecule has 0 atom stereocenters. The van der Waals surface area contributed by atoms with Crippen LogP contribution in [0.2, 0.25) is 0 Å². The summed E-state index contributed by atoms with van der Waals surface area (Å²) in [6.07, 6.45) is 5.19. The van der Waals surface area contributed by atoms with Gasteiger partial charge in [-0.3, -0.25) is 14.9 Å². The lowest BCUT2D eigenvalue weighted by atomic mass is 9.92. The van der Waals surface area contributed by atoms with Gasteiger partial charge in [0.25, 0.3) is 0 Å². The van der Waals surface area contributed by atoms with E-state index < -0.39 is 5.82 Å². The molecule has 0 fully saturated rings. The van der Waals surface area contributed by atoms with E-state index in [1.165, 1.54) is 0 Å². The number of carbonyl (C=O) groups is 1. The third-order valence-corrected chi connectivity index (χ3v) is 7.00. The molecule has 0 saturated heterocycles. The highest BCUT2D eigenvalue weighted by molar-refractivity contribution is 7.13. The molecule has 6 rings (SSSR count). The Morgan fingerprint density at radius 3 is 2.79 bits per heavy atom. The fourth-order valence-corrected chi connectivity index (χ4v) is 5.23. The van der Waals surface area contributed by atoms with Crippen molar-refractivity contribution in [2.24, 2.45) is 5.41 Å². The van der Waals surface area contributed by atoms with Crippen LogP contribution in [0.4, 0.5) is 10.1 Å². The number of amides is 1. The number of H-pyrrole nitrogens is 2. The van der Waals surface area contributed by atoms with Crippen LogP contribution >= 0.6 is 11.3 Å². The number of aromatic nitrogens is 6. The van der Waals surface area contributed by atoms with Crippen LogP contribution in [0.3, 0.4) is 0 Å². The number of fused-ring (bicyclic) bond motifs is 2. The molecule has 0 aliphatic heterocycles. The zero-order chi connectivity index (χ0) is 26.4. The first-order valence-corrected chi connectivity index (χ1v) is 13.0. The Bertz CT molecular complexity index is 1800. The number of nitrogens with one attached hydrogen (secondary N) is 3. The van der Waals surface area contributed by atoms with Crippen LogP contribution in [0.25, 0.3) is 55.2 Å². The van der Waals surface area contributed by atoms with E-state index in [0.717, 1.165) is 16.0 Å². The minimum atomic E-state index is -0.460. The van der Waals surface area contributed by atoms with Crippen LogP contribution < -0.4 is 5.32 Å². The van der Waals surface area contributed by atoms with Crippen molar-refractivity contribution < 1.29 is 9.18 Å². The lowest BCUT2D eigenvalue weighted by Gasteiger charge is -2.17. The van der Waals surface area contributed by atoms with Crippen LogP contribution in [0, 0.1) is 11.2 Å². The number of aromatic amines is 2. The molecule has 5 heterocycles. The van der Waals surface area contributed by atoms with E-state index in [4.69, 9.17) is 0 Å². The zero-order valence-electron chi connectivity index (χ0n) is 21.0. The summed E-state index contributed by atoms with van der Waals surface area (Å²) < 4.78 is 16.1. The highest BCUT2D eigenvalue weighted by Crippen LogP contribution is 2.36. The lowest BCUT2D eigenvalue weighted by molar-refractivity contribution is -0.117. The Labute approximate surface area is 221 Å². The first-order valence-electron chi connectivity index (χ1n) is 12.1. The first kappa shape index (κ1) is 23.9. The smallest absolute Gasteiger partial charge is 0.224 e. The molecule has 190 valence electrons. The van der Waals surface area contributed by atoms with Gasteiger partial charge in [-0.05, 0) is 41.1 Å². The molecule has 1 amide bonds. The number of hydrogen-bond donors (Lipinski definition) is 3.